The first kappa shape index (κ1) is 17.2. The second-order valence-corrected chi connectivity index (χ2v) is 8.11. The van der Waals surface area contributed by atoms with Crippen LogP contribution in [0, 0.1) is 18.8 Å². The van der Waals surface area contributed by atoms with Gasteiger partial charge in [-0.25, -0.2) is 15.0 Å². The molecule has 0 aliphatic carbocycles. The Hall–Kier alpha value is -2.96. The number of likely N-dealkylation sites (tertiary alicyclic amines) is 1. The van der Waals surface area contributed by atoms with Gasteiger partial charge in [-0.1, -0.05) is 29.8 Å². The molecule has 0 spiro atoms. The van der Waals surface area contributed by atoms with E-state index in [2.05, 4.69) is 38.9 Å². The maximum Gasteiger partial charge on any atom is 0.227 e. The molecule has 5 rings (SSSR count). The van der Waals surface area contributed by atoms with E-state index in [0.717, 1.165) is 48.7 Å². The van der Waals surface area contributed by atoms with Gasteiger partial charge >= 0.3 is 0 Å². The quantitative estimate of drug-likeness (QED) is 0.697. The predicted molar refractivity (Wildman–Crippen MR) is 107 cm³/mol. The van der Waals surface area contributed by atoms with Gasteiger partial charge in [-0.2, -0.15) is 0 Å². The lowest BCUT2D eigenvalue weighted by Gasteiger charge is -2.22. The summed E-state index contributed by atoms with van der Waals surface area (Å²) in [5.41, 5.74) is 4.02. The van der Waals surface area contributed by atoms with Crippen molar-refractivity contribution in [3.8, 4) is 0 Å². The summed E-state index contributed by atoms with van der Waals surface area (Å²) >= 11 is 0. The van der Waals surface area contributed by atoms with Gasteiger partial charge in [0.15, 0.2) is 17.0 Å². The van der Waals surface area contributed by atoms with Crippen molar-refractivity contribution < 1.29 is 4.79 Å². The summed E-state index contributed by atoms with van der Waals surface area (Å²) in [4.78, 5) is 30.5. The van der Waals surface area contributed by atoms with Crippen LogP contribution in [0.5, 0.6) is 0 Å². The van der Waals surface area contributed by atoms with Crippen LogP contribution in [0.2, 0.25) is 0 Å². The molecule has 28 heavy (non-hydrogen) atoms. The minimum atomic E-state index is 0.237. The summed E-state index contributed by atoms with van der Waals surface area (Å²) in [6.07, 6.45) is 3.89. The van der Waals surface area contributed by atoms with Crippen LogP contribution in [0.15, 0.2) is 36.9 Å². The zero-order valence-corrected chi connectivity index (χ0v) is 16.2. The number of aromatic nitrogens is 4. The summed E-state index contributed by atoms with van der Waals surface area (Å²) in [6.45, 7) is 5.57. The molecule has 0 radical (unpaired) electrons. The third kappa shape index (κ3) is 2.91. The average Bonchev–Trinajstić information content (AvgIpc) is 3.35. The smallest absolute Gasteiger partial charge is 0.227 e. The van der Waals surface area contributed by atoms with Gasteiger partial charge in [0.2, 0.25) is 5.91 Å². The van der Waals surface area contributed by atoms with E-state index in [0.29, 0.717) is 18.3 Å². The van der Waals surface area contributed by atoms with E-state index in [-0.39, 0.29) is 5.91 Å². The number of benzene rings is 1. The van der Waals surface area contributed by atoms with E-state index in [1.54, 1.807) is 12.7 Å². The molecule has 144 valence electrons. The van der Waals surface area contributed by atoms with Crippen LogP contribution >= 0.6 is 0 Å². The van der Waals surface area contributed by atoms with Crippen LogP contribution in [0.4, 0.5) is 5.82 Å². The molecule has 2 unspecified atom stereocenters. The van der Waals surface area contributed by atoms with E-state index >= 15 is 0 Å². The first-order valence-corrected chi connectivity index (χ1v) is 9.79. The molecule has 2 atom stereocenters. The van der Waals surface area contributed by atoms with Crippen molar-refractivity contribution >= 4 is 22.9 Å². The molecule has 0 saturated carbocycles. The van der Waals surface area contributed by atoms with E-state index in [1.807, 2.05) is 28.6 Å². The number of fused-ring (bicyclic) bond motifs is 2. The average molecular weight is 376 g/mol. The fourth-order valence-corrected chi connectivity index (χ4v) is 4.64. The lowest BCUT2D eigenvalue weighted by atomic mass is 10.0. The van der Waals surface area contributed by atoms with Gasteiger partial charge in [0, 0.05) is 45.1 Å². The SMILES string of the molecule is Cc1cccc(CC(=O)N2CC3CN(c4ncnc5c4ncn5C)CC3C2)c1. The van der Waals surface area contributed by atoms with Gasteiger partial charge in [0.1, 0.15) is 6.33 Å². The number of nitrogens with zero attached hydrogens (tertiary/aromatic N) is 6. The first-order chi connectivity index (χ1) is 13.6. The largest absolute Gasteiger partial charge is 0.354 e. The topological polar surface area (TPSA) is 67.2 Å². The highest BCUT2D eigenvalue weighted by Gasteiger charge is 2.42. The molecule has 2 fully saturated rings. The Balaban J connectivity index is 1.27. The van der Waals surface area contributed by atoms with E-state index < -0.39 is 0 Å². The number of carbonyl (C=O) groups excluding carboxylic acids is 1. The van der Waals surface area contributed by atoms with Crippen LogP contribution < -0.4 is 4.90 Å². The van der Waals surface area contributed by atoms with Gasteiger partial charge in [0.25, 0.3) is 0 Å². The number of carbonyl (C=O) groups is 1. The minimum absolute atomic E-state index is 0.237. The van der Waals surface area contributed by atoms with Gasteiger partial charge in [-0.15, -0.1) is 0 Å². The molecule has 2 aliphatic rings. The van der Waals surface area contributed by atoms with E-state index in [9.17, 15) is 4.79 Å². The van der Waals surface area contributed by atoms with Gasteiger partial charge in [-0.3, -0.25) is 4.79 Å². The van der Waals surface area contributed by atoms with Crippen molar-refractivity contribution in [3.05, 3.63) is 48.0 Å². The van der Waals surface area contributed by atoms with Crippen molar-refractivity contribution in [1.82, 2.24) is 24.4 Å². The number of anilines is 1. The Kier molecular flexibility index (Phi) is 4.03. The molecule has 0 bridgehead atoms. The fourth-order valence-electron chi connectivity index (χ4n) is 4.64. The maximum atomic E-state index is 12.8. The predicted octanol–water partition coefficient (Wildman–Crippen LogP) is 1.81. The normalized spacial score (nSPS) is 21.5. The standard InChI is InChI=1S/C21H24N6O/c1-14-4-3-5-15(6-14)7-18(28)26-8-16-10-27(11-17(16)9-26)21-19-20(22-12-23-21)25(2)13-24-19/h3-6,12-13,16-17H,7-11H2,1-2H3. The van der Waals surface area contributed by atoms with Gasteiger partial charge < -0.3 is 14.4 Å². The van der Waals surface area contributed by atoms with Crippen molar-refractivity contribution in [2.75, 3.05) is 31.1 Å². The molecule has 4 heterocycles. The molecular formula is C21H24N6O. The van der Waals surface area contributed by atoms with Crippen molar-refractivity contribution in [2.45, 2.75) is 13.3 Å². The zero-order valence-electron chi connectivity index (χ0n) is 16.2. The Morgan fingerprint density at radius 1 is 1.11 bits per heavy atom. The molecule has 2 aliphatic heterocycles. The highest BCUT2D eigenvalue weighted by atomic mass is 16.2. The molecule has 3 aromatic rings. The molecule has 7 heteroatoms. The van der Waals surface area contributed by atoms with Gasteiger partial charge in [-0.05, 0) is 12.5 Å². The summed E-state index contributed by atoms with van der Waals surface area (Å²) < 4.78 is 1.92. The second-order valence-electron chi connectivity index (χ2n) is 8.11. The van der Waals surface area contributed by atoms with Crippen molar-refractivity contribution in [3.63, 3.8) is 0 Å². The third-order valence-corrected chi connectivity index (χ3v) is 6.05. The molecule has 1 aromatic carbocycles. The second kappa shape index (κ2) is 6.58. The Morgan fingerprint density at radius 2 is 1.89 bits per heavy atom. The number of rotatable bonds is 3. The maximum absolute atomic E-state index is 12.8. The summed E-state index contributed by atoms with van der Waals surface area (Å²) in [5.74, 6) is 2.14. The fraction of sp³-hybridized carbons (Fsp3) is 0.429. The van der Waals surface area contributed by atoms with Crippen LogP contribution in [-0.4, -0.2) is 56.5 Å². The molecule has 2 aromatic heterocycles. The number of amides is 1. The zero-order chi connectivity index (χ0) is 19.3. The molecule has 2 saturated heterocycles. The van der Waals surface area contributed by atoms with E-state index in [1.165, 1.54) is 5.56 Å². The minimum Gasteiger partial charge on any atom is -0.354 e. The summed E-state index contributed by atoms with van der Waals surface area (Å²) in [6, 6.07) is 8.23. The van der Waals surface area contributed by atoms with Gasteiger partial charge in [0.05, 0.1) is 12.7 Å². The molecule has 0 N–H and O–H groups in total. The van der Waals surface area contributed by atoms with Crippen LogP contribution in [0.25, 0.3) is 11.2 Å². The highest BCUT2D eigenvalue weighted by molar-refractivity contribution is 5.83. The van der Waals surface area contributed by atoms with E-state index in [4.69, 9.17) is 0 Å². The van der Waals surface area contributed by atoms with Crippen molar-refractivity contribution in [1.29, 1.82) is 0 Å². The Bertz CT molecular complexity index is 1030. The van der Waals surface area contributed by atoms with Crippen LogP contribution in [-0.2, 0) is 18.3 Å². The van der Waals surface area contributed by atoms with Crippen molar-refractivity contribution in [2.24, 2.45) is 18.9 Å². The molecular weight excluding hydrogens is 352 g/mol. The number of hydrogen-bond acceptors (Lipinski definition) is 5. The van der Waals surface area contributed by atoms with Crippen LogP contribution in [0.3, 0.4) is 0 Å². The monoisotopic (exact) mass is 376 g/mol. The highest BCUT2D eigenvalue weighted by Crippen LogP contribution is 2.35. The Morgan fingerprint density at radius 3 is 2.64 bits per heavy atom. The molecule has 7 nitrogen and oxygen atoms in total. The first-order valence-electron chi connectivity index (χ1n) is 9.79. The summed E-state index contributed by atoms with van der Waals surface area (Å²) in [7, 11) is 1.95. The number of aryl methyl sites for hydroxylation is 2. The summed E-state index contributed by atoms with van der Waals surface area (Å²) in [5, 5.41) is 0. The lowest BCUT2D eigenvalue weighted by Crippen LogP contribution is -2.34. The third-order valence-electron chi connectivity index (χ3n) is 6.05. The lowest BCUT2D eigenvalue weighted by molar-refractivity contribution is -0.129. The van der Waals surface area contributed by atoms with Crippen LogP contribution in [0.1, 0.15) is 11.1 Å². The molecule has 1 amide bonds. The number of imidazole rings is 1. The Labute approximate surface area is 164 Å². The number of hydrogen-bond donors (Lipinski definition) is 0.